The smallest absolute Gasteiger partial charge is 0.264 e. The number of H-pyrrole nitrogens is 1. The van der Waals surface area contributed by atoms with Crippen molar-refractivity contribution in [1.29, 1.82) is 0 Å². The first-order valence-corrected chi connectivity index (χ1v) is 7.83. The van der Waals surface area contributed by atoms with Gasteiger partial charge in [0.15, 0.2) is 0 Å². The molecule has 0 unspecified atom stereocenters. The summed E-state index contributed by atoms with van der Waals surface area (Å²) in [5, 5.41) is 0. The molecular weight excluding hydrogens is 419 g/mol. The Morgan fingerprint density at radius 2 is 2.05 bits per heavy atom. The van der Waals surface area contributed by atoms with Crippen LogP contribution in [-0.2, 0) is 0 Å². The molecular formula is C14H14BrIN2O. The number of nitrogens with one attached hydrogen (secondary N) is 1. The lowest BCUT2D eigenvalue weighted by Gasteiger charge is -2.10. The number of aromatic amines is 1. The molecule has 0 saturated carbocycles. The van der Waals surface area contributed by atoms with Gasteiger partial charge in [-0.2, -0.15) is 0 Å². The summed E-state index contributed by atoms with van der Waals surface area (Å²) >= 11 is 5.56. The van der Waals surface area contributed by atoms with E-state index in [-0.39, 0.29) is 11.5 Å². The van der Waals surface area contributed by atoms with Crippen molar-refractivity contribution in [3.05, 3.63) is 47.9 Å². The molecule has 0 atom stereocenters. The van der Waals surface area contributed by atoms with Gasteiger partial charge in [-0.1, -0.05) is 41.9 Å². The summed E-state index contributed by atoms with van der Waals surface area (Å²) in [4.78, 5) is 19.4. The summed E-state index contributed by atoms with van der Waals surface area (Å²) in [5.74, 6) is 0.844. The Hall–Kier alpha value is -0.690. The lowest BCUT2D eigenvalue weighted by atomic mass is 10.1. The zero-order chi connectivity index (χ0) is 14.2. The lowest BCUT2D eigenvalue weighted by Crippen LogP contribution is -2.17. The van der Waals surface area contributed by atoms with Gasteiger partial charge in [-0.3, -0.25) is 4.79 Å². The summed E-state index contributed by atoms with van der Waals surface area (Å²) in [7, 11) is 0. The predicted octanol–water partition coefficient (Wildman–Crippen LogP) is 4.24. The molecule has 0 saturated heterocycles. The quantitative estimate of drug-likeness (QED) is 0.721. The van der Waals surface area contributed by atoms with Gasteiger partial charge in [0.25, 0.3) is 5.56 Å². The zero-order valence-corrected chi connectivity index (χ0v) is 14.7. The molecule has 19 heavy (non-hydrogen) atoms. The Bertz CT molecular complexity index is 680. The van der Waals surface area contributed by atoms with Crippen molar-refractivity contribution in [1.82, 2.24) is 9.97 Å². The van der Waals surface area contributed by atoms with E-state index >= 15 is 0 Å². The topological polar surface area (TPSA) is 45.8 Å². The van der Waals surface area contributed by atoms with Crippen molar-refractivity contribution < 1.29 is 0 Å². The van der Waals surface area contributed by atoms with E-state index in [4.69, 9.17) is 0 Å². The van der Waals surface area contributed by atoms with E-state index in [1.165, 1.54) is 0 Å². The Morgan fingerprint density at radius 3 is 2.63 bits per heavy atom. The number of rotatable bonds is 2. The number of aromatic nitrogens is 2. The maximum absolute atomic E-state index is 12.0. The van der Waals surface area contributed by atoms with Crippen molar-refractivity contribution in [3.63, 3.8) is 0 Å². The van der Waals surface area contributed by atoms with Gasteiger partial charge in [0.05, 0.1) is 9.26 Å². The van der Waals surface area contributed by atoms with Crippen molar-refractivity contribution in [2.24, 2.45) is 0 Å². The number of aryl methyl sites for hydroxylation is 1. The van der Waals surface area contributed by atoms with Gasteiger partial charge in [0.1, 0.15) is 5.82 Å². The van der Waals surface area contributed by atoms with Crippen LogP contribution in [0, 0.1) is 10.5 Å². The Morgan fingerprint density at radius 1 is 1.37 bits per heavy atom. The molecule has 1 aromatic carbocycles. The maximum Gasteiger partial charge on any atom is 0.264 e. The highest BCUT2D eigenvalue weighted by molar-refractivity contribution is 14.1. The van der Waals surface area contributed by atoms with E-state index in [1.54, 1.807) is 0 Å². The Kier molecular flexibility index (Phi) is 4.45. The van der Waals surface area contributed by atoms with E-state index in [1.807, 2.05) is 39.0 Å². The fraction of sp³-hybridized carbons (Fsp3) is 0.286. The van der Waals surface area contributed by atoms with Gasteiger partial charge in [0.2, 0.25) is 0 Å². The second-order valence-corrected chi connectivity index (χ2v) is 6.67. The van der Waals surface area contributed by atoms with Crippen LogP contribution in [0.5, 0.6) is 0 Å². The fourth-order valence-electron chi connectivity index (χ4n) is 1.74. The highest BCUT2D eigenvalue weighted by Crippen LogP contribution is 2.24. The fourth-order valence-corrected chi connectivity index (χ4v) is 2.99. The standard InChI is InChI=1S/C14H14BrIN2O/c1-7(2)12-11(16)14(19)18-13(17-12)9-5-4-8(3)10(15)6-9/h4-7H,1-3H3,(H,17,18,19). The average Bonchev–Trinajstić information content (AvgIpc) is 2.35. The van der Waals surface area contributed by atoms with E-state index < -0.39 is 0 Å². The first-order valence-electron chi connectivity index (χ1n) is 5.96. The molecule has 0 radical (unpaired) electrons. The molecule has 100 valence electrons. The monoisotopic (exact) mass is 432 g/mol. The summed E-state index contributed by atoms with van der Waals surface area (Å²) in [6.07, 6.45) is 0. The van der Waals surface area contributed by atoms with Crippen molar-refractivity contribution in [2.75, 3.05) is 0 Å². The van der Waals surface area contributed by atoms with Crippen LogP contribution in [0.2, 0.25) is 0 Å². The molecule has 0 amide bonds. The number of hydrogen-bond acceptors (Lipinski definition) is 2. The molecule has 3 nitrogen and oxygen atoms in total. The summed E-state index contributed by atoms with van der Waals surface area (Å²) in [5.41, 5.74) is 2.83. The van der Waals surface area contributed by atoms with Gasteiger partial charge >= 0.3 is 0 Å². The molecule has 1 heterocycles. The van der Waals surface area contributed by atoms with Gasteiger partial charge in [0, 0.05) is 10.0 Å². The third kappa shape index (κ3) is 3.08. The van der Waals surface area contributed by atoms with Crippen LogP contribution in [0.15, 0.2) is 27.5 Å². The molecule has 0 aliphatic carbocycles. The number of hydrogen-bond donors (Lipinski definition) is 1. The van der Waals surface area contributed by atoms with Crippen LogP contribution in [0.25, 0.3) is 11.4 Å². The normalized spacial score (nSPS) is 11.1. The lowest BCUT2D eigenvalue weighted by molar-refractivity contribution is 0.802. The molecule has 1 aromatic heterocycles. The van der Waals surface area contributed by atoms with E-state index in [0.29, 0.717) is 9.39 Å². The highest BCUT2D eigenvalue weighted by Gasteiger charge is 2.13. The number of benzene rings is 1. The van der Waals surface area contributed by atoms with Crippen LogP contribution in [0.3, 0.4) is 0 Å². The minimum atomic E-state index is -0.0778. The van der Waals surface area contributed by atoms with Crippen LogP contribution < -0.4 is 5.56 Å². The Balaban J connectivity index is 2.63. The van der Waals surface area contributed by atoms with Crippen molar-refractivity contribution in [3.8, 4) is 11.4 Å². The summed E-state index contributed by atoms with van der Waals surface area (Å²) in [6.45, 7) is 6.11. The van der Waals surface area contributed by atoms with Gasteiger partial charge in [-0.05, 0) is 47.1 Å². The molecule has 1 N–H and O–H groups in total. The number of nitrogens with zero attached hydrogens (tertiary/aromatic N) is 1. The second kappa shape index (κ2) is 5.75. The average molecular weight is 433 g/mol. The summed E-state index contributed by atoms with van der Waals surface area (Å²) < 4.78 is 1.68. The molecule has 0 spiro atoms. The molecule has 5 heteroatoms. The zero-order valence-electron chi connectivity index (χ0n) is 10.9. The van der Waals surface area contributed by atoms with Crippen molar-refractivity contribution >= 4 is 38.5 Å². The van der Waals surface area contributed by atoms with E-state index in [2.05, 4.69) is 48.5 Å². The van der Waals surface area contributed by atoms with Crippen LogP contribution >= 0.6 is 38.5 Å². The first kappa shape index (κ1) is 14.7. The maximum atomic E-state index is 12.0. The Labute approximate surface area is 134 Å². The van der Waals surface area contributed by atoms with E-state index in [9.17, 15) is 4.79 Å². The van der Waals surface area contributed by atoms with Gasteiger partial charge in [-0.15, -0.1) is 0 Å². The third-order valence-corrected chi connectivity index (χ3v) is 4.78. The predicted molar refractivity (Wildman–Crippen MR) is 89.5 cm³/mol. The number of halogens is 2. The second-order valence-electron chi connectivity index (χ2n) is 4.73. The highest BCUT2D eigenvalue weighted by atomic mass is 127. The molecule has 0 aliphatic rings. The van der Waals surface area contributed by atoms with Crippen LogP contribution in [-0.4, -0.2) is 9.97 Å². The van der Waals surface area contributed by atoms with Crippen LogP contribution in [0.4, 0.5) is 0 Å². The minimum absolute atomic E-state index is 0.0778. The molecule has 0 aliphatic heterocycles. The first-order chi connectivity index (χ1) is 8.90. The van der Waals surface area contributed by atoms with Crippen molar-refractivity contribution in [2.45, 2.75) is 26.7 Å². The minimum Gasteiger partial charge on any atom is -0.306 e. The molecule has 0 bridgehead atoms. The molecule has 2 rings (SSSR count). The largest absolute Gasteiger partial charge is 0.306 e. The molecule has 0 fully saturated rings. The SMILES string of the molecule is Cc1ccc(-c2nc(C(C)C)c(I)c(=O)[nH]2)cc1Br. The van der Waals surface area contributed by atoms with Crippen LogP contribution in [0.1, 0.15) is 31.0 Å². The van der Waals surface area contributed by atoms with E-state index in [0.717, 1.165) is 21.3 Å². The third-order valence-electron chi connectivity index (χ3n) is 2.88. The van der Waals surface area contributed by atoms with Gasteiger partial charge in [-0.25, -0.2) is 4.98 Å². The summed E-state index contributed by atoms with van der Waals surface area (Å²) in [6, 6.07) is 5.95. The molecule has 2 aromatic rings. The van der Waals surface area contributed by atoms with Gasteiger partial charge < -0.3 is 4.98 Å².